The monoisotopic (exact) mass is 155 g/mol. The molecule has 0 aliphatic rings. The molecule has 0 aromatic rings. The molecule has 2 N–H and O–H groups in total. The van der Waals surface area contributed by atoms with E-state index in [4.69, 9.17) is 18.3 Å². The van der Waals surface area contributed by atoms with Crippen LogP contribution in [0.2, 0.25) is 0 Å². The van der Waals surface area contributed by atoms with E-state index in [0.29, 0.717) is 6.61 Å². The molecule has 0 unspecified atom stereocenters. The Morgan fingerprint density at radius 2 is 1.73 bits per heavy atom. The zero-order valence-corrected chi connectivity index (χ0v) is 7.98. The van der Waals surface area contributed by atoms with Crippen molar-refractivity contribution < 1.29 is 4.74 Å². The van der Waals surface area contributed by atoms with Crippen LogP contribution in [0.5, 0.6) is 0 Å². The molecule has 0 aromatic heterocycles. The molecule has 64 valence electrons. The second-order valence-electron chi connectivity index (χ2n) is 4.19. The summed E-state index contributed by atoms with van der Waals surface area (Å²) in [6.07, 6.45) is 0.827. The molecule has 0 fully saturated rings. The molecule has 3 heteroatoms. The molecule has 0 aromatic carbocycles. The maximum atomic E-state index is 5.74. The van der Waals surface area contributed by atoms with Crippen molar-refractivity contribution in [3.63, 3.8) is 0 Å². The summed E-state index contributed by atoms with van der Waals surface area (Å²) in [6, 6.07) is 0. The SMILES string of the molecule is [B]C(C)(C)OCCC(C)(C)N. The molecule has 0 rings (SSSR count). The Kier molecular flexibility index (Phi) is 3.58. The lowest BCUT2D eigenvalue weighted by molar-refractivity contribution is 0.0368. The second kappa shape index (κ2) is 3.59. The van der Waals surface area contributed by atoms with Crippen LogP contribution in [0.25, 0.3) is 0 Å². The third-order valence-corrected chi connectivity index (χ3v) is 1.22. The van der Waals surface area contributed by atoms with Gasteiger partial charge in [-0.1, -0.05) is 0 Å². The van der Waals surface area contributed by atoms with E-state index in [1.54, 1.807) is 0 Å². The summed E-state index contributed by atoms with van der Waals surface area (Å²) >= 11 is 0. The van der Waals surface area contributed by atoms with Gasteiger partial charge in [-0.05, 0) is 34.1 Å². The van der Waals surface area contributed by atoms with Crippen molar-refractivity contribution in [1.82, 2.24) is 0 Å². The largest absolute Gasteiger partial charge is 0.385 e. The topological polar surface area (TPSA) is 35.2 Å². The lowest BCUT2D eigenvalue weighted by atomic mass is 9.86. The minimum Gasteiger partial charge on any atom is -0.385 e. The highest BCUT2D eigenvalue weighted by Gasteiger charge is 2.14. The minimum absolute atomic E-state index is 0.161. The van der Waals surface area contributed by atoms with Gasteiger partial charge in [-0.3, -0.25) is 0 Å². The van der Waals surface area contributed by atoms with Crippen molar-refractivity contribution >= 4 is 7.85 Å². The van der Waals surface area contributed by atoms with E-state index >= 15 is 0 Å². The van der Waals surface area contributed by atoms with E-state index in [2.05, 4.69) is 0 Å². The molecular formula is C8H18BNO. The third kappa shape index (κ3) is 9.98. The molecule has 0 saturated heterocycles. The van der Waals surface area contributed by atoms with Gasteiger partial charge in [-0.2, -0.15) is 0 Å². The highest BCUT2D eigenvalue weighted by atomic mass is 16.5. The summed E-state index contributed by atoms with van der Waals surface area (Å²) in [5.41, 5.74) is 5.05. The molecule has 0 amide bonds. The Morgan fingerprint density at radius 1 is 1.27 bits per heavy atom. The van der Waals surface area contributed by atoms with Gasteiger partial charge in [0.1, 0.15) is 7.85 Å². The van der Waals surface area contributed by atoms with Crippen LogP contribution in [0, 0.1) is 0 Å². The van der Waals surface area contributed by atoms with Gasteiger partial charge in [0.2, 0.25) is 0 Å². The number of hydrogen-bond donors (Lipinski definition) is 1. The van der Waals surface area contributed by atoms with Crippen LogP contribution in [-0.4, -0.2) is 25.5 Å². The van der Waals surface area contributed by atoms with Crippen molar-refractivity contribution in [3.8, 4) is 0 Å². The first-order valence-corrected chi connectivity index (χ1v) is 3.92. The fourth-order valence-corrected chi connectivity index (χ4v) is 0.577. The summed E-state index contributed by atoms with van der Waals surface area (Å²) in [5, 5.41) is 0. The standard InChI is InChI=1S/C8H18BNO/c1-7(2,10)5-6-11-8(3,4)9/h5-6,10H2,1-4H3. The van der Waals surface area contributed by atoms with Gasteiger partial charge >= 0.3 is 0 Å². The molecule has 0 bridgehead atoms. The van der Waals surface area contributed by atoms with Crippen LogP contribution >= 0.6 is 0 Å². The lowest BCUT2D eigenvalue weighted by Gasteiger charge is -2.24. The molecule has 0 aliphatic carbocycles. The quantitative estimate of drug-likeness (QED) is 0.615. The van der Waals surface area contributed by atoms with Crippen LogP contribution in [0.4, 0.5) is 0 Å². The van der Waals surface area contributed by atoms with Crippen LogP contribution in [-0.2, 0) is 4.74 Å². The summed E-state index contributed by atoms with van der Waals surface area (Å²) < 4.78 is 5.30. The third-order valence-electron chi connectivity index (χ3n) is 1.22. The van der Waals surface area contributed by atoms with Crippen molar-refractivity contribution in [2.45, 2.75) is 45.2 Å². The Morgan fingerprint density at radius 3 is 2.00 bits per heavy atom. The number of hydrogen-bond acceptors (Lipinski definition) is 2. The first-order valence-electron chi connectivity index (χ1n) is 3.92. The fraction of sp³-hybridized carbons (Fsp3) is 1.00. The number of ether oxygens (including phenoxy) is 1. The smallest absolute Gasteiger partial charge is 0.112 e. The van der Waals surface area contributed by atoms with Crippen molar-refractivity contribution in [2.75, 3.05) is 6.61 Å². The maximum absolute atomic E-state index is 5.74. The summed E-state index contributed by atoms with van der Waals surface area (Å²) in [5.74, 6) is 0. The molecule has 0 aliphatic heterocycles. The summed E-state index contributed by atoms with van der Waals surface area (Å²) in [4.78, 5) is 0. The maximum Gasteiger partial charge on any atom is 0.112 e. The molecule has 0 spiro atoms. The molecular weight excluding hydrogens is 137 g/mol. The van der Waals surface area contributed by atoms with E-state index in [1.165, 1.54) is 0 Å². The van der Waals surface area contributed by atoms with E-state index in [0.717, 1.165) is 6.42 Å². The van der Waals surface area contributed by atoms with Gasteiger partial charge in [-0.25, -0.2) is 0 Å². The van der Waals surface area contributed by atoms with Gasteiger partial charge in [-0.15, -0.1) is 0 Å². The fourth-order valence-electron chi connectivity index (χ4n) is 0.577. The number of nitrogens with two attached hydrogens (primary N) is 1. The highest BCUT2D eigenvalue weighted by Crippen LogP contribution is 2.08. The Bertz CT molecular complexity index is 98.2. The van der Waals surface area contributed by atoms with E-state index in [1.807, 2.05) is 27.7 Å². The summed E-state index contributed by atoms with van der Waals surface area (Å²) in [7, 11) is 5.60. The van der Waals surface area contributed by atoms with Crippen LogP contribution < -0.4 is 5.73 Å². The second-order valence-corrected chi connectivity index (χ2v) is 4.19. The highest BCUT2D eigenvalue weighted by molar-refractivity contribution is 6.13. The van der Waals surface area contributed by atoms with Crippen LogP contribution in [0.3, 0.4) is 0 Å². The molecule has 0 saturated carbocycles. The van der Waals surface area contributed by atoms with Gasteiger partial charge in [0.05, 0.1) is 0 Å². The average Bonchev–Trinajstić information content (AvgIpc) is 1.55. The van der Waals surface area contributed by atoms with E-state index < -0.39 is 5.50 Å². The Balaban J connectivity index is 3.44. The van der Waals surface area contributed by atoms with Gasteiger partial charge < -0.3 is 10.5 Å². The predicted octanol–water partition coefficient (Wildman–Crippen LogP) is 1.03. The molecule has 0 heterocycles. The predicted molar refractivity (Wildman–Crippen MR) is 48.7 cm³/mol. The van der Waals surface area contributed by atoms with Crippen molar-refractivity contribution in [1.29, 1.82) is 0 Å². The van der Waals surface area contributed by atoms with Gasteiger partial charge in [0, 0.05) is 17.6 Å². The molecule has 2 radical (unpaired) electrons. The van der Waals surface area contributed by atoms with Gasteiger partial charge in [0.15, 0.2) is 0 Å². The van der Waals surface area contributed by atoms with Crippen molar-refractivity contribution in [2.24, 2.45) is 5.73 Å². The van der Waals surface area contributed by atoms with Crippen molar-refractivity contribution in [3.05, 3.63) is 0 Å². The van der Waals surface area contributed by atoms with Crippen LogP contribution in [0.15, 0.2) is 0 Å². The Labute approximate surface area is 70.9 Å². The first kappa shape index (κ1) is 11.0. The molecule has 2 nitrogen and oxygen atoms in total. The normalized spacial score (nSPS) is 13.5. The van der Waals surface area contributed by atoms with E-state index in [-0.39, 0.29) is 5.54 Å². The number of rotatable bonds is 4. The molecule has 0 atom stereocenters. The zero-order valence-electron chi connectivity index (χ0n) is 7.98. The summed E-state index contributed by atoms with van der Waals surface area (Å²) in [6.45, 7) is 8.22. The minimum atomic E-state index is -0.536. The van der Waals surface area contributed by atoms with Crippen LogP contribution in [0.1, 0.15) is 34.1 Å². The lowest BCUT2D eigenvalue weighted by Crippen LogP contribution is -2.35. The Hall–Kier alpha value is -0.0151. The zero-order chi connectivity index (χ0) is 9.12. The molecule has 11 heavy (non-hydrogen) atoms. The first-order chi connectivity index (χ1) is 4.71. The van der Waals surface area contributed by atoms with E-state index in [9.17, 15) is 0 Å². The van der Waals surface area contributed by atoms with Gasteiger partial charge in [0.25, 0.3) is 0 Å². The average molecular weight is 155 g/mol.